The van der Waals surface area contributed by atoms with Crippen LogP contribution in [0.4, 0.5) is 0 Å². The van der Waals surface area contributed by atoms with Crippen LogP contribution in [0.1, 0.15) is 0 Å². The summed E-state index contributed by atoms with van der Waals surface area (Å²) in [6.45, 7) is 0. The minimum Gasteiger partial charge on any atom is -0.423 e. The number of hydrogen-bond acceptors (Lipinski definition) is 10. The number of para-hydroxylation sites is 4. The Morgan fingerprint density at radius 1 is 0.277 bits per heavy atom. The highest BCUT2D eigenvalue weighted by atomic mass is 79.9. The van der Waals surface area contributed by atoms with Gasteiger partial charge in [-0.2, -0.15) is 0 Å². The van der Waals surface area contributed by atoms with Gasteiger partial charge in [0.05, 0.1) is 22.1 Å². The molecule has 14 rings (SSSR count). The van der Waals surface area contributed by atoms with E-state index in [1.54, 1.807) is 55.4 Å². The van der Waals surface area contributed by atoms with Crippen molar-refractivity contribution in [2.45, 2.75) is 0 Å². The molecule has 0 amide bonds. The maximum atomic E-state index is 9.42. The molecule has 8 aromatic heterocycles. The van der Waals surface area contributed by atoms with Gasteiger partial charge in [0, 0.05) is 154 Å². The second-order valence-corrected chi connectivity index (χ2v) is 21.3. The molecule has 0 fully saturated rings. The van der Waals surface area contributed by atoms with Gasteiger partial charge in [-0.15, -0.1) is 0 Å². The largest absolute Gasteiger partial charge is 0.490 e. The Labute approximate surface area is 504 Å². The van der Waals surface area contributed by atoms with E-state index in [0.29, 0.717) is 10.9 Å². The van der Waals surface area contributed by atoms with Crippen LogP contribution in [0.3, 0.4) is 0 Å². The zero-order chi connectivity index (χ0) is 57.5. The number of halogens is 3. The van der Waals surface area contributed by atoms with Crippen molar-refractivity contribution in [1.29, 1.82) is 0 Å². The van der Waals surface area contributed by atoms with Gasteiger partial charge in [0.2, 0.25) is 0 Å². The van der Waals surface area contributed by atoms with E-state index in [0.717, 1.165) is 69.2 Å². The molecule has 0 atom stereocenters. The van der Waals surface area contributed by atoms with Gasteiger partial charge in [-0.1, -0.05) is 115 Å². The average molecular weight is 1280 g/mol. The Bertz CT molecular complexity index is 4300. The van der Waals surface area contributed by atoms with Crippen LogP contribution in [0.2, 0.25) is 0 Å². The molecule has 0 aliphatic rings. The number of aromatic nitrogens is 8. The first-order chi connectivity index (χ1) is 40.6. The smallest absolute Gasteiger partial charge is 0.423 e. The summed E-state index contributed by atoms with van der Waals surface area (Å²) in [4.78, 5) is 24.4. The molecule has 0 spiro atoms. The molecule has 12 nitrogen and oxygen atoms in total. The van der Waals surface area contributed by atoms with Crippen LogP contribution in [0.5, 0.6) is 0 Å². The Hall–Kier alpha value is -8.77. The van der Waals surface area contributed by atoms with Crippen molar-refractivity contribution in [3.05, 3.63) is 288 Å². The van der Waals surface area contributed by atoms with Crippen LogP contribution in [0.15, 0.2) is 288 Å². The second kappa shape index (κ2) is 27.8. The Kier molecular flexibility index (Phi) is 19.2. The predicted octanol–water partition coefficient (Wildman–Crippen LogP) is 13.6. The molecule has 4 N–H and O–H groups in total. The average Bonchev–Trinajstić information content (AvgIpc) is 3.67. The molecular weight excluding hydrogens is 1230 g/mol. The van der Waals surface area contributed by atoms with E-state index in [1.165, 1.54) is 38.8 Å². The normalized spacial score (nSPS) is 10.6. The number of benzene rings is 6. The van der Waals surface area contributed by atoms with Crippen LogP contribution in [0, 0.1) is 0 Å². The van der Waals surface area contributed by atoms with E-state index in [9.17, 15) is 10.0 Å². The Morgan fingerprint density at radius 2 is 0.639 bits per heavy atom. The minimum absolute atomic E-state index is 0.414. The molecule has 8 heterocycles. The fourth-order valence-corrected chi connectivity index (χ4v) is 10.8. The monoisotopic (exact) mass is 1280 g/mol. The summed E-state index contributed by atoms with van der Waals surface area (Å²) in [7, 11) is -2.87. The highest BCUT2D eigenvalue weighted by Crippen LogP contribution is 2.35. The van der Waals surface area contributed by atoms with Gasteiger partial charge in [0.15, 0.2) is 0 Å². The summed E-state index contributed by atoms with van der Waals surface area (Å²) in [5, 5.41) is 40.8. The lowest BCUT2D eigenvalue weighted by Crippen LogP contribution is -2.29. The van der Waals surface area contributed by atoms with Crippen molar-refractivity contribution in [2.75, 3.05) is 0 Å². The van der Waals surface area contributed by atoms with E-state index >= 15 is 0 Å². The molecular formula is C66H49B2Br3N8O4. The van der Waals surface area contributed by atoms with Crippen molar-refractivity contribution in [3.8, 4) is 44.8 Å². The maximum absolute atomic E-state index is 9.42. The third-order valence-corrected chi connectivity index (χ3v) is 14.4. The van der Waals surface area contributed by atoms with Gasteiger partial charge < -0.3 is 29.2 Å². The summed E-state index contributed by atoms with van der Waals surface area (Å²) < 4.78 is 7.45. The van der Waals surface area contributed by atoms with E-state index in [2.05, 4.69) is 196 Å². The second-order valence-electron chi connectivity index (χ2n) is 18.6. The zero-order valence-corrected chi connectivity index (χ0v) is 48.9. The summed E-state index contributed by atoms with van der Waals surface area (Å²) in [6.07, 6.45) is 21.1. The topological polar surface area (TPSA) is 168 Å². The molecule has 0 bridgehead atoms. The van der Waals surface area contributed by atoms with Crippen molar-refractivity contribution >= 4 is 117 Å². The van der Waals surface area contributed by atoms with Crippen molar-refractivity contribution in [2.24, 2.45) is 0 Å². The highest BCUT2D eigenvalue weighted by molar-refractivity contribution is 9.11. The first-order valence-corrected chi connectivity index (χ1v) is 28.4. The molecule has 14 aromatic rings. The highest BCUT2D eigenvalue weighted by Gasteiger charge is 2.16. The number of fused-ring (bicyclic) bond motifs is 6. The first kappa shape index (κ1) is 57.5. The molecule has 0 unspecified atom stereocenters. The molecule has 0 aliphatic carbocycles. The summed E-state index contributed by atoms with van der Waals surface area (Å²) >= 11 is 9.92. The van der Waals surface area contributed by atoms with Gasteiger partial charge in [-0.3, -0.25) is 29.9 Å². The fraction of sp³-hybridized carbons (Fsp3) is 0. The zero-order valence-electron chi connectivity index (χ0n) is 44.1. The third kappa shape index (κ3) is 14.3. The summed E-state index contributed by atoms with van der Waals surface area (Å²) in [6, 6.07) is 67.0. The molecule has 0 saturated heterocycles. The maximum Gasteiger partial charge on any atom is 0.490 e. The predicted molar refractivity (Wildman–Crippen MR) is 347 cm³/mol. The van der Waals surface area contributed by atoms with Crippen LogP contribution in [0.25, 0.3) is 88.4 Å². The molecule has 404 valence electrons. The van der Waals surface area contributed by atoms with E-state index in [-0.39, 0.29) is 0 Å². The van der Waals surface area contributed by atoms with Crippen molar-refractivity contribution in [1.82, 2.24) is 39.0 Å². The first-order valence-electron chi connectivity index (χ1n) is 26.0. The van der Waals surface area contributed by atoms with Crippen LogP contribution in [-0.4, -0.2) is 73.4 Å². The van der Waals surface area contributed by atoms with Gasteiger partial charge in [0.1, 0.15) is 0 Å². The molecule has 0 saturated carbocycles. The van der Waals surface area contributed by atoms with Crippen LogP contribution >= 0.6 is 47.8 Å². The number of rotatable bonds is 7. The minimum atomic E-state index is -1.46. The van der Waals surface area contributed by atoms with Gasteiger partial charge in [0.25, 0.3) is 0 Å². The van der Waals surface area contributed by atoms with Gasteiger partial charge >= 0.3 is 14.2 Å². The molecule has 0 aliphatic heterocycles. The van der Waals surface area contributed by atoms with Crippen molar-refractivity contribution in [3.63, 3.8) is 0 Å². The van der Waals surface area contributed by atoms with E-state index < -0.39 is 14.2 Å². The molecule has 17 heteroatoms. The SMILES string of the molecule is Brc1cncc(-c2cccnc2)c1.Brc1cncc(Br)c1.OB(O)c1cccc(-n2c3ccccc3c3ccccc32)c1.OB(O)c1cccnc1.c1cncc(-c2cncc(-c3cccc(-n4c5ccccc5c5ccccc54)c3)c2)c1. The lowest BCUT2D eigenvalue weighted by molar-refractivity contribution is 0.424. The number of hydrogen-bond donors (Lipinski definition) is 4. The van der Waals surface area contributed by atoms with E-state index in [1.807, 2.05) is 104 Å². The number of pyridine rings is 6. The Morgan fingerprint density at radius 3 is 1.05 bits per heavy atom. The van der Waals surface area contributed by atoms with Crippen LogP contribution in [-0.2, 0) is 0 Å². The van der Waals surface area contributed by atoms with E-state index in [4.69, 9.17) is 10.0 Å². The summed E-state index contributed by atoms with van der Waals surface area (Å²) in [5.41, 5.74) is 14.1. The van der Waals surface area contributed by atoms with Crippen LogP contribution < -0.4 is 10.9 Å². The van der Waals surface area contributed by atoms with Gasteiger partial charge in [-0.25, -0.2) is 0 Å². The quantitative estimate of drug-likeness (QED) is 0.113. The molecule has 6 aromatic carbocycles. The van der Waals surface area contributed by atoms with Gasteiger partial charge in [-0.05, 0) is 144 Å². The summed E-state index contributed by atoms with van der Waals surface area (Å²) in [5.74, 6) is 0. The molecule has 83 heavy (non-hydrogen) atoms. The van der Waals surface area contributed by atoms with Crippen molar-refractivity contribution < 1.29 is 20.1 Å². The Balaban J connectivity index is 0.000000128. The number of nitrogens with zero attached hydrogens (tertiary/aromatic N) is 8. The fourth-order valence-electron chi connectivity index (χ4n) is 9.36. The molecule has 0 radical (unpaired) electrons. The lowest BCUT2D eigenvalue weighted by Gasteiger charge is -2.11. The standard InChI is InChI=1S/C28H19N3.C18H14BNO2.C10H7BrN2.C5H6BNO2.C5H3Br2N/c1-3-12-27-25(10-1)26-11-2-4-13-28(26)31(27)24-9-5-7-20(16-24)22-15-23(19-30-18-22)21-8-6-14-29-17-21;21-19(22)13-6-5-7-14(12-13)20-17-10-3-1-8-15(17)16-9-2-4-11-18(16)20;11-10-4-9(6-13-7-10)8-2-1-3-12-5-8;8-6(9)5-2-1-3-7-4-5;6-4-1-5(7)3-8-2-4/h1-19H;1-12,21-22H;1-7H;1-4,8-9H;1-3H. The lowest BCUT2D eigenvalue weighted by atomic mass is 9.80. The third-order valence-electron chi connectivity index (χ3n) is 13.1.